The number of aliphatic hydroxyl groups is 1. The first-order valence-electron chi connectivity index (χ1n) is 8.97. The molecule has 2 N–H and O–H groups in total. The number of hydrogen-bond donors (Lipinski definition) is 2. The minimum absolute atomic E-state index is 0.0356. The first-order valence-corrected chi connectivity index (χ1v) is 8.97. The van der Waals surface area contributed by atoms with Gasteiger partial charge < -0.3 is 15.3 Å². The van der Waals surface area contributed by atoms with Crippen LogP contribution in [0.15, 0.2) is 18.2 Å². The Labute approximate surface area is 147 Å². The van der Waals surface area contributed by atoms with Gasteiger partial charge in [0.25, 0.3) is 0 Å². The Hall–Kier alpha value is -1.95. The van der Waals surface area contributed by atoms with Gasteiger partial charge in [0.1, 0.15) is 5.82 Å². The Morgan fingerprint density at radius 2 is 2.12 bits per heavy atom. The summed E-state index contributed by atoms with van der Waals surface area (Å²) in [5.74, 6) is -1.24. The molecule has 1 aliphatic heterocycles. The molecule has 2 fully saturated rings. The number of carbonyl (C=O) groups is 2. The van der Waals surface area contributed by atoms with E-state index in [1.165, 1.54) is 11.0 Å². The summed E-state index contributed by atoms with van der Waals surface area (Å²) in [6.45, 7) is 2.05. The van der Waals surface area contributed by atoms with E-state index >= 15 is 0 Å². The van der Waals surface area contributed by atoms with Gasteiger partial charge in [-0.25, -0.2) is 4.39 Å². The van der Waals surface area contributed by atoms with Crippen LogP contribution in [0.2, 0.25) is 0 Å². The van der Waals surface area contributed by atoms with E-state index in [4.69, 9.17) is 0 Å². The predicted octanol–water partition coefficient (Wildman–Crippen LogP) is 2.15. The minimum atomic E-state index is -0.477. The second-order valence-electron chi connectivity index (χ2n) is 7.20. The Bertz CT molecular complexity index is 664. The third kappa shape index (κ3) is 3.84. The van der Waals surface area contributed by atoms with Crippen molar-refractivity contribution in [2.45, 2.75) is 45.1 Å². The first kappa shape index (κ1) is 17.9. The fourth-order valence-corrected chi connectivity index (χ4v) is 3.86. The van der Waals surface area contributed by atoms with Crippen molar-refractivity contribution in [3.63, 3.8) is 0 Å². The Morgan fingerprint density at radius 3 is 2.84 bits per heavy atom. The highest BCUT2D eigenvalue weighted by atomic mass is 19.1. The lowest BCUT2D eigenvalue weighted by atomic mass is 9.84. The summed E-state index contributed by atoms with van der Waals surface area (Å²) in [4.78, 5) is 26.2. The number of nitrogens with one attached hydrogen (secondary N) is 1. The normalized spacial score (nSPS) is 26.8. The molecule has 0 radical (unpaired) electrons. The van der Waals surface area contributed by atoms with Crippen molar-refractivity contribution in [3.05, 3.63) is 29.6 Å². The summed E-state index contributed by atoms with van der Waals surface area (Å²) in [5.41, 5.74) is 1.02. The molecule has 0 bridgehead atoms. The molecule has 5 nitrogen and oxygen atoms in total. The number of carbonyl (C=O) groups excluding carboxylic acids is 2. The van der Waals surface area contributed by atoms with Crippen molar-refractivity contribution in [2.75, 3.05) is 18.1 Å². The fourth-order valence-electron chi connectivity index (χ4n) is 3.86. The first-order chi connectivity index (χ1) is 12.0. The van der Waals surface area contributed by atoms with Gasteiger partial charge in [0.05, 0.1) is 11.6 Å². The van der Waals surface area contributed by atoms with Crippen LogP contribution in [0.5, 0.6) is 0 Å². The molecule has 0 aromatic heterocycles. The average Bonchev–Trinajstić information content (AvgIpc) is 2.97. The largest absolute Gasteiger partial charge is 0.396 e. The number of amides is 2. The topological polar surface area (TPSA) is 69.6 Å². The Balaban J connectivity index is 1.66. The van der Waals surface area contributed by atoms with Crippen LogP contribution < -0.4 is 10.2 Å². The van der Waals surface area contributed by atoms with Gasteiger partial charge in [-0.05, 0) is 37.5 Å². The highest BCUT2D eigenvalue weighted by Gasteiger charge is 2.37. The highest BCUT2D eigenvalue weighted by Crippen LogP contribution is 2.29. The van der Waals surface area contributed by atoms with E-state index < -0.39 is 11.7 Å². The lowest BCUT2D eigenvalue weighted by molar-refractivity contribution is -0.127. The molecule has 6 heteroatoms. The lowest BCUT2D eigenvalue weighted by Gasteiger charge is -2.31. The molecule has 3 rings (SSSR count). The fraction of sp³-hybridized carbons (Fsp3) is 0.579. The summed E-state index contributed by atoms with van der Waals surface area (Å²) >= 11 is 0. The van der Waals surface area contributed by atoms with Crippen LogP contribution in [0, 0.1) is 24.6 Å². The third-order valence-corrected chi connectivity index (χ3v) is 5.36. The molecule has 2 aliphatic rings. The van der Waals surface area contributed by atoms with Gasteiger partial charge in [-0.1, -0.05) is 18.9 Å². The predicted molar refractivity (Wildman–Crippen MR) is 92.6 cm³/mol. The zero-order chi connectivity index (χ0) is 18.0. The van der Waals surface area contributed by atoms with Crippen LogP contribution in [0.3, 0.4) is 0 Å². The van der Waals surface area contributed by atoms with Crippen molar-refractivity contribution < 1.29 is 19.1 Å². The molecule has 1 aliphatic carbocycles. The number of aliphatic hydroxyl groups excluding tert-OH is 1. The number of rotatable bonds is 4. The molecule has 0 spiro atoms. The molecule has 1 saturated heterocycles. The van der Waals surface area contributed by atoms with Crippen LogP contribution in [0.1, 0.15) is 37.7 Å². The number of anilines is 1. The molecule has 3 atom stereocenters. The summed E-state index contributed by atoms with van der Waals surface area (Å²) in [7, 11) is 0. The maximum atomic E-state index is 14.2. The van der Waals surface area contributed by atoms with Crippen molar-refractivity contribution in [1.82, 2.24) is 5.32 Å². The molecular formula is C19H25FN2O3. The van der Waals surface area contributed by atoms with E-state index in [-0.39, 0.29) is 49.0 Å². The monoisotopic (exact) mass is 348 g/mol. The lowest BCUT2D eigenvalue weighted by Crippen LogP contribution is -2.46. The van der Waals surface area contributed by atoms with Crippen LogP contribution in [0.25, 0.3) is 0 Å². The van der Waals surface area contributed by atoms with Crippen molar-refractivity contribution in [3.8, 4) is 0 Å². The molecule has 1 aromatic carbocycles. The van der Waals surface area contributed by atoms with E-state index in [0.717, 1.165) is 31.2 Å². The number of aryl methyl sites for hydroxylation is 1. The molecule has 3 unspecified atom stereocenters. The van der Waals surface area contributed by atoms with Crippen LogP contribution >= 0.6 is 0 Å². The van der Waals surface area contributed by atoms with Gasteiger partial charge >= 0.3 is 0 Å². The van der Waals surface area contributed by atoms with Gasteiger partial charge in [0.2, 0.25) is 11.8 Å². The van der Waals surface area contributed by atoms with Crippen LogP contribution in [0.4, 0.5) is 10.1 Å². The molecule has 1 aromatic rings. The summed E-state index contributed by atoms with van der Waals surface area (Å²) in [5, 5.41) is 12.5. The standard InChI is InChI=1S/C19H25FN2O3/c1-12-6-7-17(15(20)8-12)22-10-14(9-18(22)24)19(25)21-16-5-3-2-4-13(16)11-23/h6-8,13-14,16,23H,2-5,9-11H2,1H3,(H,21,25). The van der Waals surface area contributed by atoms with E-state index in [1.807, 2.05) is 0 Å². The number of nitrogens with zero attached hydrogens (tertiary/aromatic N) is 1. The van der Waals surface area contributed by atoms with Gasteiger partial charge in [-0.3, -0.25) is 9.59 Å². The zero-order valence-corrected chi connectivity index (χ0v) is 14.5. The molecule has 2 amide bonds. The summed E-state index contributed by atoms with van der Waals surface area (Å²) < 4.78 is 14.2. The molecular weight excluding hydrogens is 323 g/mol. The Kier molecular flexibility index (Phi) is 5.37. The summed E-state index contributed by atoms with van der Waals surface area (Å²) in [6.07, 6.45) is 3.96. The van der Waals surface area contributed by atoms with Crippen molar-refractivity contribution in [2.24, 2.45) is 11.8 Å². The van der Waals surface area contributed by atoms with E-state index in [2.05, 4.69) is 5.32 Å². The number of benzene rings is 1. The maximum absolute atomic E-state index is 14.2. The maximum Gasteiger partial charge on any atom is 0.227 e. The van der Waals surface area contributed by atoms with E-state index in [9.17, 15) is 19.1 Å². The quantitative estimate of drug-likeness (QED) is 0.876. The third-order valence-electron chi connectivity index (χ3n) is 5.36. The number of hydrogen-bond acceptors (Lipinski definition) is 3. The highest BCUT2D eigenvalue weighted by molar-refractivity contribution is 6.00. The van der Waals surface area contributed by atoms with Gasteiger partial charge in [-0.2, -0.15) is 0 Å². The van der Waals surface area contributed by atoms with Crippen molar-refractivity contribution >= 4 is 17.5 Å². The SMILES string of the molecule is Cc1ccc(N2CC(C(=O)NC3CCCCC3CO)CC2=O)c(F)c1. The molecule has 1 saturated carbocycles. The van der Waals surface area contributed by atoms with Gasteiger partial charge in [0, 0.05) is 31.5 Å². The van der Waals surface area contributed by atoms with Crippen LogP contribution in [-0.2, 0) is 9.59 Å². The van der Waals surface area contributed by atoms with Crippen LogP contribution in [-0.4, -0.2) is 36.1 Å². The Morgan fingerprint density at radius 1 is 1.36 bits per heavy atom. The van der Waals surface area contributed by atoms with Gasteiger partial charge in [0.15, 0.2) is 0 Å². The second-order valence-corrected chi connectivity index (χ2v) is 7.20. The van der Waals surface area contributed by atoms with E-state index in [0.29, 0.717) is 0 Å². The number of halogens is 1. The molecule has 136 valence electrons. The zero-order valence-electron chi connectivity index (χ0n) is 14.5. The second kappa shape index (κ2) is 7.52. The minimum Gasteiger partial charge on any atom is -0.396 e. The van der Waals surface area contributed by atoms with Crippen molar-refractivity contribution in [1.29, 1.82) is 0 Å². The average molecular weight is 348 g/mol. The van der Waals surface area contributed by atoms with Gasteiger partial charge in [-0.15, -0.1) is 0 Å². The van der Waals surface area contributed by atoms with E-state index in [1.54, 1.807) is 19.1 Å². The summed E-state index contributed by atoms with van der Waals surface area (Å²) in [6, 6.07) is 4.70. The molecule has 25 heavy (non-hydrogen) atoms. The molecule has 1 heterocycles. The smallest absolute Gasteiger partial charge is 0.227 e.